The van der Waals surface area contributed by atoms with Crippen molar-refractivity contribution in [3.05, 3.63) is 181 Å². The van der Waals surface area contributed by atoms with Crippen LogP contribution < -0.4 is 10.6 Å². The Kier molecular flexibility index (Phi) is 7.03. The zero-order chi connectivity index (χ0) is 31.9. The SMILES string of the molecule is C=C=C(c1ccccc1)N(c1ccc(-n2c3ccccc3c3ccc4c(cnn4-c4ccccc4C)c32)cc1)C(N)c1ccccc1. The lowest BCUT2D eigenvalue weighted by atomic mass is 10.1. The van der Waals surface area contributed by atoms with Crippen LogP contribution in [0.3, 0.4) is 0 Å². The van der Waals surface area contributed by atoms with Crippen molar-refractivity contribution in [1.82, 2.24) is 14.3 Å². The highest BCUT2D eigenvalue weighted by atomic mass is 15.3. The molecule has 1 atom stereocenters. The van der Waals surface area contributed by atoms with Crippen LogP contribution in [0.5, 0.6) is 0 Å². The number of benzene rings is 6. The van der Waals surface area contributed by atoms with Crippen LogP contribution in [-0.2, 0) is 0 Å². The number of rotatable bonds is 7. The van der Waals surface area contributed by atoms with Crippen LogP contribution in [0, 0.1) is 6.92 Å². The predicted molar refractivity (Wildman–Crippen MR) is 195 cm³/mol. The summed E-state index contributed by atoms with van der Waals surface area (Å²) in [6.45, 7) is 6.20. The molecule has 5 heteroatoms. The highest BCUT2D eigenvalue weighted by Gasteiger charge is 2.23. The van der Waals surface area contributed by atoms with Crippen molar-refractivity contribution in [1.29, 1.82) is 0 Å². The van der Waals surface area contributed by atoms with Gasteiger partial charge in [0.15, 0.2) is 0 Å². The molecule has 0 fully saturated rings. The van der Waals surface area contributed by atoms with E-state index in [-0.39, 0.29) is 0 Å². The fourth-order valence-electron chi connectivity index (χ4n) is 6.74. The number of aromatic nitrogens is 3. The number of aryl methyl sites for hydroxylation is 1. The molecule has 8 aromatic rings. The first-order chi connectivity index (χ1) is 23.1. The molecule has 226 valence electrons. The minimum Gasteiger partial charge on any atom is -0.314 e. The molecule has 0 aliphatic carbocycles. The van der Waals surface area contributed by atoms with Gasteiger partial charge in [0.1, 0.15) is 6.17 Å². The van der Waals surface area contributed by atoms with Crippen molar-refractivity contribution in [3.8, 4) is 11.4 Å². The Morgan fingerprint density at radius 2 is 1.38 bits per heavy atom. The lowest BCUT2D eigenvalue weighted by molar-refractivity contribution is 0.741. The van der Waals surface area contributed by atoms with Gasteiger partial charge in [-0.2, -0.15) is 5.10 Å². The third-order valence-corrected chi connectivity index (χ3v) is 8.99. The van der Waals surface area contributed by atoms with Crippen molar-refractivity contribution in [2.45, 2.75) is 13.1 Å². The summed E-state index contributed by atoms with van der Waals surface area (Å²) in [5, 5.41) is 8.38. The molecule has 0 bridgehead atoms. The molecule has 2 aromatic heterocycles. The standard InChI is InChI=1S/C42H33N5/c1-3-37(30-15-6-4-7-16-30)46(42(43)31-17-8-5-9-18-31)33-24-22-32(23-25-33)45-39-21-13-11-19-34(39)35-26-27-40-36(41(35)45)28-44-47(40)38-20-12-10-14-29(38)2/h4-28,42H,1,43H2,2H3. The number of fused-ring (bicyclic) bond motifs is 5. The number of para-hydroxylation sites is 2. The Morgan fingerprint density at radius 1 is 0.702 bits per heavy atom. The Balaban J connectivity index is 1.31. The summed E-state index contributed by atoms with van der Waals surface area (Å²) in [6.07, 6.45) is 1.54. The maximum atomic E-state index is 7.01. The first-order valence-electron chi connectivity index (χ1n) is 15.8. The van der Waals surface area contributed by atoms with Gasteiger partial charge in [0.25, 0.3) is 0 Å². The molecule has 0 radical (unpaired) electrons. The first-order valence-corrected chi connectivity index (χ1v) is 15.8. The molecular formula is C42H33N5. The molecule has 0 aliphatic rings. The van der Waals surface area contributed by atoms with E-state index in [1.54, 1.807) is 0 Å². The van der Waals surface area contributed by atoms with E-state index in [9.17, 15) is 0 Å². The number of hydrogen-bond donors (Lipinski definition) is 1. The third kappa shape index (κ3) is 4.74. The van der Waals surface area contributed by atoms with Gasteiger partial charge in [-0.05, 0) is 66.6 Å². The highest BCUT2D eigenvalue weighted by Crippen LogP contribution is 2.39. The van der Waals surface area contributed by atoms with Crippen LogP contribution in [0.1, 0.15) is 22.9 Å². The summed E-state index contributed by atoms with van der Waals surface area (Å²) in [5.74, 6) is 0. The smallest absolute Gasteiger partial charge is 0.109 e. The van der Waals surface area contributed by atoms with Gasteiger partial charge >= 0.3 is 0 Å². The molecule has 6 aromatic carbocycles. The monoisotopic (exact) mass is 607 g/mol. The van der Waals surface area contributed by atoms with Gasteiger partial charge in [0, 0.05) is 33.1 Å². The molecule has 0 saturated heterocycles. The quantitative estimate of drug-likeness (QED) is 0.145. The predicted octanol–water partition coefficient (Wildman–Crippen LogP) is 9.72. The summed E-state index contributed by atoms with van der Waals surface area (Å²) < 4.78 is 4.40. The second-order valence-electron chi connectivity index (χ2n) is 11.7. The number of nitrogens with two attached hydrogens (primary N) is 1. The van der Waals surface area contributed by atoms with E-state index in [4.69, 9.17) is 10.8 Å². The van der Waals surface area contributed by atoms with Crippen molar-refractivity contribution >= 4 is 44.1 Å². The summed E-state index contributed by atoms with van der Waals surface area (Å²) >= 11 is 0. The largest absolute Gasteiger partial charge is 0.314 e. The van der Waals surface area contributed by atoms with Crippen LogP contribution >= 0.6 is 0 Å². The van der Waals surface area contributed by atoms with E-state index in [1.807, 2.05) is 47.3 Å². The van der Waals surface area contributed by atoms with Crippen LogP contribution in [-0.4, -0.2) is 14.3 Å². The van der Waals surface area contributed by atoms with Crippen LogP contribution in [0.25, 0.3) is 49.8 Å². The summed E-state index contributed by atoms with van der Waals surface area (Å²) in [7, 11) is 0. The lowest BCUT2D eigenvalue weighted by Crippen LogP contribution is -2.33. The minimum atomic E-state index is -0.452. The summed E-state index contributed by atoms with van der Waals surface area (Å²) in [6, 6.07) is 50.3. The van der Waals surface area contributed by atoms with Gasteiger partial charge in [-0.25, -0.2) is 4.68 Å². The Bertz CT molecular complexity index is 2430. The summed E-state index contributed by atoms with van der Waals surface area (Å²) in [4.78, 5) is 2.11. The van der Waals surface area contributed by atoms with E-state index >= 15 is 0 Å². The van der Waals surface area contributed by atoms with Gasteiger partial charge in [0.2, 0.25) is 0 Å². The van der Waals surface area contributed by atoms with E-state index < -0.39 is 6.17 Å². The van der Waals surface area contributed by atoms with Crippen molar-refractivity contribution in [2.24, 2.45) is 5.73 Å². The maximum Gasteiger partial charge on any atom is 0.109 e. The lowest BCUT2D eigenvalue weighted by Gasteiger charge is -2.33. The average Bonchev–Trinajstić information content (AvgIpc) is 3.71. The van der Waals surface area contributed by atoms with E-state index in [2.05, 4.69) is 138 Å². The topological polar surface area (TPSA) is 52.0 Å². The van der Waals surface area contributed by atoms with Gasteiger partial charge in [0.05, 0.1) is 34.1 Å². The Morgan fingerprint density at radius 3 is 2.13 bits per heavy atom. The minimum absolute atomic E-state index is 0.452. The Hall–Kier alpha value is -6.13. The molecule has 2 N–H and O–H groups in total. The molecule has 5 nitrogen and oxygen atoms in total. The fourth-order valence-corrected chi connectivity index (χ4v) is 6.74. The van der Waals surface area contributed by atoms with Gasteiger partial charge in [-0.1, -0.05) is 104 Å². The van der Waals surface area contributed by atoms with Gasteiger partial charge in [-0.3, -0.25) is 0 Å². The molecule has 47 heavy (non-hydrogen) atoms. The van der Waals surface area contributed by atoms with E-state index in [0.717, 1.165) is 55.8 Å². The van der Waals surface area contributed by atoms with E-state index in [0.29, 0.717) is 0 Å². The molecule has 1 unspecified atom stereocenters. The molecule has 2 heterocycles. The molecule has 0 saturated carbocycles. The normalized spacial score (nSPS) is 12.0. The van der Waals surface area contributed by atoms with Crippen molar-refractivity contribution in [3.63, 3.8) is 0 Å². The second kappa shape index (κ2) is 11.7. The number of nitrogens with zero attached hydrogens (tertiary/aromatic N) is 4. The zero-order valence-corrected chi connectivity index (χ0v) is 26.1. The number of anilines is 1. The van der Waals surface area contributed by atoms with Crippen molar-refractivity contribution in [2.75, 3.05) is 4.90 Å². The Labute approximate surface area is 273 Å². The third-order valence-electron chi connectivity index (χ3n) is 8.99. The van der Waals surface area contributed by atoms with Crippen LogP contribution in [0.15, 0.2) is 164 Å². The highest BCUT2D eigenvalue weighted by molar-refractivity contribution is 6.18. The van der Waals surface area contributed by atoms with E-state index in [1.165, 1.54) is 16.3 Å². The molecule has 8 rings (SSSR count). The molecule has 0 amide bonds. The first kappa shape index (κ1) is 28.4. The molecular weight excluding hydrogens is 574 g/mol. The average molecular weight is 608 g/mol. The van der Waals surface area contributed by atoms with Crippen LogP contribution in [0.2, 0.25) is 0 Å². The van der Waals surface area contributed by atoms with Gasteiger partial charge < -0.3 is 15.2 Å². The van der Waals surface area contributed by atoms with Crippen LogP contribution in [0.4, 0.5) is 5.69 Å². The maximum absolute atomic E-state index is 7.01. The number of hydrogen-bond acceptors (Lipinski definition) is 3. The van der Waals surface area contributed by atoms with Crippen molar-refractivity contribution < 1.29 is 0 Å². The second-order valence-corrected chi connectivity index (χ2v) is 11.7. The van der Waals surface area contributed by atoms with Gasteiger partial charge in [-0.15, -0.1) is 5.73 Å². The molecule has 0 aliphatic heterocycles. The molecule has 0 spiro atoms. The summed E-state index contributed by atoms with van der Waals surface area (Å²) in [5.41, 5.74) is 20.6. The fraction of sp³-hybridized carbons (Fsp3) is 0.0476. The zero-order valence-electron chi connectivity index (χ0n) is 26.1.